The summed E-state index contributed by atoms with van der Waals surface area (Å²) < 4.78 is 1.88. The normalized spacial score (nSPS) is 14.0. The number of aromatic nitrogens is 3. The van der Waals surface area contributed by atoms with Gasteiger partial charge < -0.3 is 10.6 Å². The number of carbonyl (C=O) groups excluding carboxylic acids is 1. The van der Waals surface area contributed by atoms with Gasteiger partial charge in [0.25, 0.3) is 0 Å². The van der Waals surface area contributed by atoms with Crippen molar-refractivity contribution in [2.45, 2.75) is 30.1 Å². The van der Waals surface area contributed by atoms with Crippen LogP contribution >= 0.6 is 34.4 Å². The first-order valence-electron chi connectivity index (χ1n) is 7.55. The van der Waals surface area contributed by atoms with Crippen LogP contribution in [0.1, 0.15) is 18.4 Å². The molecule has 0 spiro atoms. The summed E-state index contributed by atoms with van der Waals surface area (Å²) in [5.74, 6) is 0.218. The number of aryl methyl sites for hydroxylation is 1. The molecular formula is C15H15N5OS3. The molecule has 0 radical (unpaired) electrons. The largest absolute Gasteiger partial charge is 0.357 e. The van der Waals surface area contributed by atoms with Gasteiger partial charge in [-0.25, -0.2) is 4.98 Å². The molecule has 4 rings (SSSR count). The minimum atomic E-state index is -0.0809. The molecule has 2 heterocycles. The Hall–Kier alpha value is -1.71. The van der Waals surface area contributed by atoms with E-state index in [4.69, 9.17) is 0 Å². The lowest BCUT2D eigenvalue weighted by Gasteiger charge is -1.98. The predicted octanol–water partition coefficient (Wildman–Crippen LogP) is 3.76. The SMILES string of the molecule is Cc1ccc2nc(NC(=O)CSc3nnc(NC4CC4)s3)sc2c1. The van der Waals surface area contributed by atoms with E-state index in [2.05, 4.69) is 31.9 Å². The van der Waals surface area contributed by atoms with Crippen LogP contribution in [-0.4, -0.2) is 32.9 Å². The molecule has 2 N–H and O–H groups in total. The van der Waals surface area contributed by atoms with Crippen molar-refractivity contribution in [3.8, 4) is 0 Å². The number of carbonyl (C=O) groups is 1. The number of anilines is 2. The van der Waals surface area contributed by atoms with Gasteiger partial charge in [0.05, 0.1) is 16.0 Å². The minimum Gasteiger partial charge on any atom is -0.357 e. The Morgan fingerprint density at radius 3 is 3.00 bits per heavy atom. The molecule has 6 nitrogen and oxygen atoms in total. The molecule has 0 unspecified atom stereocenters. The summed E-state index contributed by atoms with van der Waals surface area (Å²) in [5, 5.41) is 15.8. The van der Waals surface area contributed by atoms with Gasteiger partial charge in [-0.05, 0) is 37.5 Å². The third-order valence-corrected chi connectivity index (χ3v) is 6.35. The number of thiazole rings is 1. The fraction of sp³-hybridized carbons (Fsp3) is 0.333. The first-order chi connectivity index (χ1) is 11.7. The predicted molar refractivity (Wildman–Crippen MR) is 100 cm³/mol. The van der Waals surface area contributed by atoms with Crippen molar-refractivity contribution < 1.29 is 4.79 Å². The molecule has 0 aliphatic heterocycles. The lowest BCUT2D eigenvalue weighted by Crippen LogP contribution is -2.13. The Morgan fingerprint density at radius 2 is 2.17 bits per heavy atom. The van der Waals surface area contributed by atoms with Crippen LogP contribution in [0, 0.1) is 6.92 Å². The summed E-state index contributed by atoms with van der Waals surface area (Å²) >= 11 is 4.38. The number of benzene rings is 1. The molecule has 0 atom stereocenters. The fourth-order valence-corrected chi connectivity index (χ4v) is 4.71. The van der Waals surface area contributed by atoms with Crippen LogP contribution in [0.25, 0.3) is 10.2 Å². The molecule has 0 bridgehead atoms. The first-order valence-corrected chi connectivity index (χ1v) is 10.2. The summed E-state index contributed by atoms with van der Waals surface area (Å²) in [7, 11) is 0. The maximum Gasteiger partial charge on any atom is 0.236 e. The quantitative estimate of drug-likeness (QED) is 0.637. The number of rotatable bonds is 6. The van der Waals surface area contributed by atoms with Crippen LogP contribution in [0.15, 0.2) is 22.5 Å². The lowest BCUT2D eigenvalue weighted by molar-refractivity contribution is -0.113. The zero-order valence-electron chi connectivity index (χ0n) is 12.9. The maximum absolute atomic E-state index is 12.1. The summed E-state index contributed by atoms with van der Waals surface area (Å²) in [6.45, 7) is 2.04. The fourth-order valence-electron chi connectivity index (χ4n) is 2.10. The molecule has 1 aromatic carbocycles. The van der Waals surface area contributed by atoms with E-state index in [9.17, 15) is 4.79 Å². The minimum absolute atomic E-state index is 0.0809. The van der Waals surface area contributed by atoms with Crippen LogP contribution in [-0.2, 0) is 4.79 Å². The molecular weight excluding hydrogens is 362 g/mol. The molecule has 1 aliphatic carbocycles. The van der Waals surface area contributed by atoms with Crippen molar-refractivity contribution in [1.82, 2.24) is 15.2 Å². The van der Waals surface area contributed by atoms with Gasteiger partial charge in [-0.1, -0.05) is 40.5 Å². The van der Waals surface area contributed by atoms with E-state index in [0.717, 1.165) is 19.7 Å². The second-order valence-corrected chi connectivity index (χ2v) is 8.85. The first kappa shape index (κ1) is 15.8. The zero-order valence-corrected chi connectivity index (χ0v) is 15.4. The van der Waals surface area contributed by atoms with Gasteiger partial charge >= 0.3 is 0 Å². The average Bonchev–Trinajstić information content (AvgIpc) is 3.10. The zero-order chi connectivity index (χ0) is 16.5. The van der Waals surface area contributed by atoms with Gasteiger partial charge in [0.15, 0.2) is 9.47 Å². The van der Waals surface area contributed by atoms with Crippen molar-refractivity contribution in [2.24, 2.45) is 0 Å². The van der Waals surface area contributed by atoms with E-state index in [-0.39, 0.29) is 5.91 Å². The molecule has 1 amide bonds. The summed E-state index contributed by atoms with van der Waals surface area (Å²) in [5.41, 5.74) is 2.10. The molecule has 1 saturated carbocycles. The third-order valence-electron chi connectivity index (χ3n) is 3.43. The molecule has 9 heteroatoms. The van der Waals surface area contributed by atoms with Crippen molar-refractivity contribution in [3.05, 3.63) is 23.8 Å². The van der Waals surface area contributed by atoms with Crippen molar-refractivity contribution in [1.29, 1.82) is 0 Å². The second kappa shape index (κ2) is 6.66. The van der Waals surface area contributed by atoms with Crippen molar-refractivity contribution in [3.63, 3.8) is 0 Å². The lowest BCUT2D eigenvalue weighted by atomic mass is 10.2. The van der Waals surface area contributed by atoms with Crippen LogP contribution in [0.2, 0.25) is 0 Å². The van der Waals surface area contributed by atoms with E-state index in [0.29, 0.717) is 16.9 Å². The Morgan fingerprint density at radius 1 is 1.29 bits per heavy atom. The molecule has 24 heavy (non-hydrogen) atoms. The van der Waals surface area contributed by atoms with Gasteiger partial charge in [0.1, 0.15) is 0 Å². The standard InChI is InChI=1S/C15H15N5OS3/c1-8-2-5-10-11(6-8)23-13(17-10)18-12(21)7-22-15-20-19-14(24-15)16-9-3-4-9/h2,5-6,9H,3-4,7H2,1H3,(H,16,19)(H,17,18,21). The average molecular weight is 378 g/mol. The van der Waals surface area contributed by atoms with Crippen molar-refractivity contribution in [2.75, 3.05) is 16.4 Å². The van der Waals surface area contributed by atoms with Crippen LogP contribution < -0.4 is 10.6 Å². The molecule has 3 aromatic rings. The summed E-state index contributed by atoms with van der Waals surface area (Å²) in [6, 6.07) is 6.63. The second-order valence-electron chi connectivity index (χ2n) is 5.62. The monoisotopic (exact) mass is 377 g/mol. The molecule has 1 aliphatic rings. The Labute approximate surface area is 151 Å². The number of hydrogen-bond donors (Lipinski definition) is 2. The molecule has 1 fully saturated rings. The van der Waals surface area contributed by atoms with Gasteiger partial charge in [0, 0.05) is 6.04 Å². The smallest absolute Gasteiger partial charge is 0.236 e. The highest BCUT2D eigenvalue weighted by Gasteiger charge is 2.22. The Bertz CT molecular complexity index is 886. The van der Waals surface area contributed by atoms with Crippen LogP contribution in [0.5, 0.6) is 0 Å². The maximum atomic E-state index is 12.1. The topological polar surface area (TPSA) is 79.8 Å². The highest BCUT2D eigenvalue weighted by Crippen LogP contribution is 2.30. The van der Waals surface area contributed by atoms with E-state index in [1.165, 1.54) is 52.8 Å². The highest BCUT2D eigenvalue weighted by molar-refractivity contribution is 8.01. The van der Waals surface area contributed by atoms with Gasteiger partial charge in [-0.3, -0.25) is 4.79 Å². The van der Waals surface area contributed by atoms with Crippen LogP contribution in [0.4, 0.5) is 10.3 Å². The van der Waals surface area contributed by atoms with Crippen molar-refractivity contribution >= 4 is 60.8 Å². The number of fused-ring (bicyclic) bond motifs is 1. The number of hydrogen-bond acceptors (Lipinski definition) is 8. The van der Waals surface area contributed by atoms with Gasteiger partial charge in [-0.2, -0.15) is 0 Å². The highest BCUT2D eigenvalue weighted by atomic mass is 32.2. The number of nitrogens with one attached hydrogen (secondary N) is 2. The van der Waals surface area contributed by atoms with Crippen LogP contribution in [0.3, 0.4) is 0 Å². The van der Waals surface area contributed by atoms with E-state index in [1.807, 2.05) is 19.1 Å². The molecule has 124 valence electrons. The molecule has 0 saturated heterocycles. The van der Waals surface area contributed by atoms with E-state index >= 15 is 0 Å². The summed E-state index contributed by atoms with van der Waals surface area (Å²) in [4.78, 5) is 16.5. The third kappa shape index (κ3) is 3.85. The van der Waals surface area contributed by atoms with E-state index in [1.54, 1.807) is 0 Å². The Kier molecular flexibility index (Phi) is 4.38. The van der Waals surface area contributed by atoms with Gasteiger partial charge in [-0.15, -0.1) is 10.2 Å². The number of nitrogens with zero attached hydrogens (tertiary/aromatic N) is 3. The molecule has 2 aromatic heterocycles. The number of thioether (sulfide) groups is 1. The summed E-state index contributed by atoms with van der Waals surface area (Å²) in [6.07, 6.45) is 2.40. The Balaban J connectivity index is 1.32. The van der Waals surface area contributed by atoms with Gasteiger partial charge in [0.2, 0.25) is 11.0 Å². The van der Waals surface area contributed by atoms with E-state index < -0.39 is 0 Å². The number of amides is 1.